The molecular formula is C24H16F2N6O4S. The molecule has 1 amide bonds. The van der Waals surface area contributed by atoms with E-state index in [1.165, 1.54) is 24.4 Å². The average molecular weight is 522 g/mol. The number of fused-ring (bicyclic) bond motifs is 2. The normalized spacial score (nSPS) is 13.6. The number of ether oxygens (including phenoxy) is 3. The van der Waals surface area contributed by atoms with Gasteiger partial charge in [0.2, 0.25) is 0 Å². The van der Waals surface area contributed by atoms with Gasteiger partial charge in [0.25, 0.3) is 5.91 Å². The second-order valence-electron chi connectivity index (χ2n) is 7.87. The molecule has 0 bridgehead atoms. The Morgan fingerprint density at radius 1 is 1.08 bits per heavy atom. The van der Waals surface area contributed by atoms with Gasteiger partial charge in [-0.3, -0.25) is 4.79 Å². The number of benzene rings is 2. The molecule has 4 heterocycles. The molecule has 6 rings (SSSR count). The molecule has 37 heavy (non-hydrogen) atoms. The molecule has 0 unspecified atom stereocenters. The van der Waals surface area contributed by atoms with Crippen LogP contribution in [0, 0.1) is 0 Å². The highest BCUT2D eigenvalue weighted by Gasteiger charge is 2.43. The quantitative estimate of drug-likeness (QED) is 0.340. The van der Waals surface area contributed by atoms with E-state index in [9.17, 15) is 13.6 Å². The van der Waals surface area contributed by atoms with Gasteiger partial charge in [-0.2, -0.15) is 5.10 Å². The van der Waals surface area contributed by atoms with Crippen LogP contribution in [0.15, 0.2) is 60.8 Å². The smallest absolute Gasteiger partial charge is 0.497 e. The number of amides is 1. The predicted octanol–water partition coefficient (Wildman–Crippen LogP) is 4.71. The van der Waals surface area contributed by atoms with Crippen LogP contribution in [0.2, 0.25) is 0 Å². The first-order valence-electron chi connectivity index (χ1n) is 10.8. The number of methoxy groups -OCH3 is 1. The van der Waals surface area contributed by atoms with E-state index in [2.05, 4.69) is 29.9 Å². The number of hydrogen-bond donors (Lipinski definition) is 2. The van der Waals surface area contributed by atoms with E-state index in [1.807, 2.05) is 0 Å². The van der Waals surface area contributed by atoms with E-state index in [0.717, 1.165) is 11.3 Å². The Labute approximate surface area is 211 Å². The minimum absolute atomic E-state index is 0.109. The summed E-state index contributed by atoms with van der Waals surface area (Å²) in [6, 6.07) is 14.6. The van der Waals surface area contributed by atoms with E-state index in [-0.39, 0.29) is 23.1 Å². The van der Waals surface area contributed by atoms with Gasteiger partial charge < -0.3 is 25.3 Å². The third-order valence-corrected chi connectivity index (χ3v) is 6.40. The molecule has 186 valence electrons. The molecule has 2 aromatic carbocycles. The highest BCUT2D eigenvalue weighted by atomic mass is 32.1. The van der Waals surface area contributed by atoms with Crippen molar-refractivity contribution >= 4 is 39.1 Å². The number of nitrogen functional groups attached to an aromatic ring is 1. The van der Waals surface area contributed by atoms with Crippen LogP contribution in [0.4, 0.5) is 19.6 Å². The Morgan fingerprint density at radius 2 is 1.86 bits per heavy atom. The van der Waals surface area contributed by atoms with Gasteiger partial charge in [-0.05, 0) is 54.6 Å². The number of thiophene rings is 1. The van der Waals surface area contributed by atoms with Gasteiger partial charge in [-0.25, -0.2) is 14.6 Å². The molecule has 5 aromatic rings. The summed E-state index contributed by atoms with van der Waals surface area (Å²) >= 11 is 1.13. The Morgan fingerprint density at radius 3 is 2.59 bits per heavy atom. The first-order valence-corrected chi connectivity index (χ1v) is 11.6. The van der Waals surface area contributed by atoms with Crippen LogP contribution in [0.5, 0.6) is 17.2 Å². The summed E-state index contributed by atoms with van der Waals surface area (Å²) in [6.45, 7) is 0. The zero-order valence-corrected chi connectivity index (χ0v) is 19.8. The maximum absolute atomic E-state index is 13.6. The molecule has 1 aliphatic heterocycles. The Kier molecular flexibility index (Phi) is 5.15. The highest BCUT2D eigenvalue weighted by Crippen LogP contribution is 2.43. The number of nitrogens with two attached hydrogens (primary N) is 1. The van der Waals surface area contributed by atoms with E-state index in [0.29, 0.717) is 37.9 Å². The lowest BCUT2D eigenvalue weighted by atomic mass is 10.2. The van der Waals surface area contributed by atoms with Crippen molar-refractivity contribution in [3.8, 4) is 34.3 Å². The van der Waals surface area contributed by atoms with Crippen LogP contribution in [0.1, 0.15) is 9.67 Å². The fourth-order valence-corrected chi connectivity index (χ4v) is 4.45. The molecule has 0 radical (unpaired) electrons. The van der Waals surface area contributed by atoms with Gasteiger partial charge in [-0.1, -0.05) is 0 Å². The van der Waals surface area contributed by atoms with E-state index in [4.69, 9.17) is 10.5 Å². The standard InChI is InChI=1S/C24H16F2N6O4S/c1-34-14-5-3-13(4-6-14)32-22-15(11-28-32)21(31-23(33)18-8-9-19(27)37-18)29-20(30-22)12-2-7-16-17(10-12)36-24(25,26)35-16/h2-11H,27H2,1H3,(H,29,30,31,33). The van der Waals surface area contributed by atoms with Gasteiger partial charge in [-0.15, -0.1) is 20.1 Å². The Balaban J connectivity index is 1.48. The fourth-order valence-electron chi connectivity index (χ4n) is 3.78. The van der Waals surface area contributed by atoms with Gasteiger partial charge >= 0.3 is 6.29 Å². The van der Waals surface area contributed by atoms with Crippen molar-refractivity contribution in [3.63, 3.8) is 0 Å². The molecule has 10 nitrogen and oxygen atoms in total. The van der Waals surface area contributed by atoms with Gasteiger partial charge in [0.05, 0.1) is 34.3 Å². The van der Waals surface area contributed by atoms with E-state index in [1.54, 1.807) is 48.2 Å². The van der Waals surface area contributed by atoms with Crippen molar-refractivity contribution in [2.45, 2.75) is 6.29 Å². The molecule has 13 heteroatoms. The van der Waals surface area contributed by atoms with Crippen LogP contribution in [-0.2, 0) is 0 Å². The van der Waals surface area contributed by atoms with Gasteiger partial charge in [0.1, 0.15) is 11.6 Å². The van der Waals surface area contributed by atoms with Crippen molar-refractivity contribution in [3.05, 3.63) is 65.7 Å². The number of nitrogens with one attached hydrogen (secondary N) is 1. The van der Waals surface area contributed by atoms with Gasteiger partial charge in [0.15, 0.2) is 23.0 Å². The van der Waals surface area contributed by atoms with Crippen LogP contribution in [0.3, 0.4) is 0 Å². The summed E-state index contributed by atoms with van der Waals surface area (Å²) in [5, 5.41) is 8.18. The first-order chi connectivity index (χ1) is 17.8. The molecule has 0 fully saturated rings. The molecule has 1 aliphatic rings. The SMILES string of the molecule is COc1ccc(-n2ncc3c(NC(=O)c4ccc(N)s4)nc(-c4ccc5c(c4)OC(F)(F)O5)nc32)cc1. The molecule has 3 N–H and O–H groups in total. The molecule has 0 aliphatic carbocycles. The second-order valence-corrected chi connectivity index (χ2v) is 8.99. The molecule has 0 atom stereocenters. The third-order valence-electron chi connectivity index (χ3n) is 5.49. The maximum atomic E-state index is 13.6. The number of alkyl halides is 2. The monoisotopic (exact) mass is 522 g/mol. The van der Waals surface area contributed by atoms with E-state index < -0.39 is 12.2 Å². The summed E-state index contributed by atoms with van der Waals surface area (Å²) in [6.07, 6.45) is -2.23. The number of nitrogens with zero attached hydrogens (tertiary/aromatic N) is 4. The number of hydrogen-bond acceptors (Lipinski definition) is 9. The van der Waals surface area contributed by atoms with Crippen molar-refractivity contribution in [1.82, 2.24) is 19.7 Å². The zero-order chi connectivity index (χ0) is 25.7. The number of anilines is 2. The predicted molar refractivity (Wildman–Crippen MR) is 132 cm³/mol. The molecular weight excluding hydrogens is 506 g/mol. The molecule has 0 spiro atoms. The summed E-state index contributed by atoms with van der Waals surface area (Å²) in [4.78, 5) is 22.5. The maximum Gasteiger partial charge on any atom is 0.586 e. The van der Waals surface area contributed by atoms with Crippen LogP contribution < -0.4 is 25.3 Å². The van der Waals surface area contributed by atoms with Crippen molar-refractivity contribution in [1.29, 1.82) is 0 Å². The number of rotatable bonds is 5. The highest BCUT2D eigenvalue weighted by molar-refractivity contribution is 7.17. The summed E-state index contributed by atoms with van der Waals surface area (Å²) < 4.78 is 43.0. The lowest BCUT2D eigenvalue weighted by Crippen LogP contribution is -2.25. The lowest BCUT2D eigenvalue weighted by molar-refractivity contribution is -0.286. The number of carbonyl (C=O) groups is 1. The number of aromatic nitrogens is 4. The van der Waals surface area contributed by atoms with E-state index >= 15 is 0 Å². The fraction of sp³-hybridized carbons (Fsp3) is 0.0833. The molecule has 3 aromatic heterocycles. The van der Waals surface area contributed by atoms with Crippen molar-refractivity contribution in [2.24, 2.45) is 0 Å². The average Bonchev–Trinajstić information content (AvgIpc) is 3.59. The summed E-state index contributed by atoms with van der Waals surface area (Å²) in [7, 11) is 1.56. The number of halogens is 2. The van der Waals surface area contributed by atoms with Gasteiger partial charge in [0, 0.05) is 5.56 Å². The largest absolute Gasteiger partial charge is 0.586 e. The first kappa shape index (κ1) is 22.7. The summed E-state index contributed by atoms with van der Waals surface area (Å²) in [5.41, 5.74) is 7.18. The minimum Gasteiger partial charge on any atom is -0.497 e. The molecule has 0 saturated heterocycles. The van der Waals surface area contributed by atoms with Crippen LogP contribution in [-0.4, -0.2) is 39.1 Å². The lowest BCUT2D eigenvalue weighted by Gasteiger charge is -2.10. The Bertz CT molecular complexity index is 1670. The van der Waals surface area contributed by atoms with Crippen LogP contribution >= 0.6 is 11.3 Å². The third kappa shape index (κ3) is 4.14. The van der Waals surface area contributed by atoms with Crippen molar-refractivity contribution in [2.75, 3.05) is 18.2 Å². The molecule has 0 saturated carbocycles. The Hall–Kier alpha value is -4.78. The van der Waals surface area contributed by atoms with Crippen molar-refractivity contribution < 1.29 is 27.8 Å². The minimum atomic E-state index is -3.76. The number of carbonyl (C=O) groups excluding carboxylic acids is 1. The summed E-state index contributed by atoms with van der Waals surface area (Å²) in [5.74, 6) is 0.299. The van der Waals surface area contributed by atoms with Crippen LogP contribution in [0.25, 0.3) is 28.1 Å². The zero-order valence-electron chi connectivity index (χ0n) is 18.9. The second kappa shape index (κ2) is 8.41. The topological polar surface area (TPSA) is 126 Å².